The van der Waals surface area contributed by atoms with Crippen LogP contribution in [0.15, 0.2) is 24.5 Å². The molecule has 0 radical (unpaired) electrons. The normalized spacial score (nSPS) is 14.6. The Balaban J connectivity index is 2.61. The smallest absolute Gasteiger partial charge is 0.329 e. The molecule has 0 aliphatic heterocycles. The summed E-state index contributed by atoms with van der Waals surface area (Å²) in [5.41, 5.74) is 0.966. The highest BCUT2D eigenvalue weighted by Crippen LogP contribution is 2.41. The lowest BCUT2D eigenvalue weighted by Gasteiger charge is -2.35. The van der Waals surface area contributed by atoms with Gasteiger partial charge in [-0.25, -0.2) is 13.8 Å². The van der Waals surface area contributed by atoms with Crippen LogP contribution in [0, 0.1) is 11.6 Å². The van der Waals surface area contributed by atoms with Gasteiger partial charge in [-0.05, 0) is 6.07 Å². The number of nitrogens with one attached hydrogen (secondary N) is 1. The van der Waals surface area contributed by atoms with Crippen molar-refractivity contribution in [2.45, 2.75) is 17.9 Å². The van der Waals surface area contributed by atoms with Gasteiger partial charge < -0.3 is 10.8 Å². The average Bonchev–Trinajstić information content (AvgIpc) is 2.90. The largest absolute Gasteiger partial charge is 0.388 e. The van der Waals surface area contributed by atoms with Crippen molar-refractivity contribution in [3.63, 3.8) is 0 Å². The summed E-state index contributed by atoms with van der Waals surface area (Å²) >= 11 is 4.27. The van der Waals surface area contributed by atoms with Crippen molar-refractivity contribution in [1.29, 1.82) is 0 Å². The van der Waals surface area contributed by atoms with Crippen molar-refractivity contribution in [3.05, 3.63) is 47.5 Å². The fourth-order valence-corrected chi connectivity index (χ4v) is 2.13. The van der Waals surface area contributed by atoms with E-state index in [-0.39, 0.29) is 5.82 Å². The monoisotopic (exact) mass is 334 g/mol. The molecule has 118 valence electrons. The number of alkyl halides is 2. The topological polar surface area (TPSA) is 87.8 Å². The Labute approximate surface area is 127 Å². The van der Waals surface area contributed by atoms with Crippen LogP contribution < -0.4 is 5.73 Å². The molecular formula is C12H10F4N4OS. The van der Waals surface area contributed by atoms with E-state index in [2.05, 4.69) is 27.4 Å². The third kappa shape index (κ3) is 2.66. The molecule has 1 unspecified atom stereocenters. The van der Waals surface area contributed by atoms with Crippen LogP contribution in [-0.4, -0.2) is 31.2 Å². The van der Waals surface area contributed by atoms with Gasteiger partial charge in [-0.3, -0.25) is 5.10 Å². The van der Waals surface area contributed by atoms with Crippen molar-refractivity contribution < 1.29 is 22.7 Å². The van der Waals surface area contributed by atoms with Crippen molar-refractivity contribution >= 4 is 17.2 Å². The molecule has 0 aliphatic carbocycles. The van der Waals surface area contributed by atoms with Gasteiger partial charge in [-0.15, -0.1) is 0 Å². The molecule has 10 heteroatoms. The van der Waals surface area contributed by atoms with E-state index in [0.717, 1.165) is 12.4 Å². The summed E-state index contributed by atoms with van der Waals surface area (Å²) in [6.07, 6.45) is 0.162. The first-order chi connectivity index (χ1) is 10.2. The highest BCUT2D eigenvalue weighted by atomic mass is 32.1. The lowest BCUT2D eigenvalue weighted by Crippen LogP contribution is -2.55. The summed E-state index contributed by atoms with van der Waals surface area (Å²) in [4.78, 5) is 2.27. The van der Waals surface area contributed by atoms with Gasteiger partial charge in [0.05, 0.1) is 0 Å². The van der Waals surface area contributed by atoms with Crippen molar-refractivity contribution in [2.24, 2.45) is 5.73 Å². The molecule has 1 aromatic heterocycles. The molecule has 0 amide bonds. The van der Waals surface area contributed by atoms with E-state index < -0.39 is 40.1 Å². The van der Waals surface area contributed by atoms with Crippen LogP contribution >= 0.6 is 12.2 Å². The number of rotatable bonds is 5. The van der Waals surface area contributed by atoms with Crippen LogP contribution in [0.25, 0.3) is 0 Å². The van der Waals surface area contributed by atoms with Gasteiger partial charge in [0.1, 0.15) is 28.8 Å². The Morgan fingerprint density at radius 2 is 2.05 bits per heavy atom. The molecule has 1 atom stereocenters. The van der Waals surface area contributed by atoms with Gasteiger partial charge in [0.15, 0.2) is 5.60 Å². The van der Waals surface area contributed by atoms with Crippen LogP contribution in [-0.2, 0) is 12.0 Å². The van der Waals surface area contributed by atoms with Crippen LogP contribution in [0.5, 0.6) is 0 Å². The molecule has 22 heavy (non-hydrogen) atoms. The number of hydrogen-bond donors (Lipinski definition) is 3. The second kappa shape index (κ2) is 5.61. The zero-order valence-corrected chi connectivity index (χ0v) is 11.7. The average molecular weight is 334 g/mol. The minimum atomic E-state index is -4.17. The molecule has 2 rings (SSSR count). The highest BCUT2D eigenvalue weighted by molar-refractivity contribution is 7.80. The van der Waals surface area contributed by atoms with E-state index in [0.29, 0.717) is 12.1 Å². The minimum absolute atomic E-state index is 0.151. The molecule has 0 aliphatic rings. The van der Waals surface area contributed by atoms with Gasteiger partial charge in [0.2, 0.25) is 0 Å². The first-order valence-corrected chi connectivity index (χ1v) is 6.29. The van der Waals surface area contributed by atoms with Gasteiger partial charge >= 0.3 is 5.92 Å². The standard InChI is InChI=1S/C12H10F4N4OS/c13-6-1-2-7(8(14)3-6)11(21,12(15,16)10(17)22)4-9-18-5-19-20-9/h1-3,5,21H,4H2,(H2,17,22)(H,18,19,20). The summed E-state index contributed by atoms with van der Waals surface area (Å²) < 4.78 is 55.5. The molecule has 1 heterocycles. The zero-order valence-electron chi connectivity index (χ0n) is 10.9. The number of nitrogens with zero attached hydrogens (tertiary/aromatic N) is 2. The molecule has 0 saturated carbocycles. The number of H-pyrrole nitrogens is 1. The number of aliphatic hydroxyl groups is 1. The number of aromatic nitrogens is 3. The Bertz CT molecular complexity index is 694. The number of hydrogen-bond acceptors (Lipinski definition) is 4. The molecule has 5 nitrogen and oxygen atoms in total. The van der Waals surface area contributed by atoms with Crippen LogP contribution in [0.3, 0.4) is 0 Å². The summed E-state index contributed by atoms with van der Waals surface area (Å²) in [6, 6.07) is 1.81. The molecule has 1 aromatic carbocycles. The van der Waals surface area contributed by atoms with Crippen LogP contribution in [0.2, 0.25) is 0 Å². The SMILES string of the molecule is NC(=S)C(F)(F)C(O)(Cc1ncn[nH]1)c1ccc(F)cc1F. The van der Waals surface area contributed by atoms with Gasteiger partial charge in [0.25, 0.3) is 0 Å². The quantitative estimate of drug-likeness (QED) is 0.569. The summed E-state index contributed by atoms with van der Waals surface area (Å²) in [5.74, 6) is -6.67. The predicted octanol–water partition coefficient (Wildman–Crippen LogP) is 1.43. The lowest BCUT2D eigenvalue weighted by atomic mass is 9.83. The van der Waals surface area contributed by atoms with Gasteiger partial charge in [-0.1, -0.05) is 18.3 Å². The maximum Gasteiger partial charge on any atom is 0.329 e. The summed E-state index contributed by atoms with van der Waals surface area (Å²) in [7, 11) is 0. The zero-order chi connectivity index (χ0) is 16.5. The lowest BCUT2D eigenvalue weighted by molar-refractivity contribution is -0.144. The van der Waals surface area contributed by atoms with E-state index in [1.165, 1.54) is 0 Å². The first-order valence-electron chi connectivity index (χ1n) is 5.88. The van der Waals surface area contributed by atoms with Crippen molar-refractivity contribution in [3.8, 4) is 0 Å². The third-order valence-corrected chi connectivity index (χ3v) is 3.35. The molecule has 4 N–H and O–H groups in total. The first kappa shape index (κ1) is 16.3. The Kier molecular flexibility index (Phi) is 4.16. The molecule has 0 spiro atoms. The van der Waals surface area contributed by atoms with Crippen molar-refractivity contribution in [2.75, 3.05) is 0 Å². The Morgan fingerprint density at radius 3 is 2.55 bits per heavy atom. The van der Waals surface area contributed by atoms with Crippen molar-refractivity contribution in [1.82, 2.24) is 15.2 Å². The van der Waals surface area contributed by atoms with E-state index in [1.807, 2.05) is 0 Å². The second-order valence-corrected chi connectivity index (χ2v) is 4.97. The van der Waals surface area contributed by atoms with E-state index in [9.17, 15) is 22.7 Å². The fraction of sp³-hybridized carbons (Fsp3) is 0.250. The number of aromatic amines is 1. The van der Waals surface area contributed by atoms with E-state index in [4.69, 9.17) is 5.73 Å². The van der Waals surface area contributed by atoms with Gasteiger partial charge in [-0.2, -0.15) is 13.9 Å². The molecule has 2 aromatic rings. The van der Waals surface area contributed by atoms with Crippen LogP contribution in [0.4, 0.5) is 17.6 Å². The minimum Gasteiger partial charge on any atom is -0.388 e. The second-order valence-electron chi connectivity index (χ2n) is 4.53. The molecule has 0 bridgehead atoms. The summed E-state index contributed by atoms with van der Waals surface area (Å²) in [5, 5.41) is 16.2. The molecule has 0 saturated heterocycles. The van der Waals surface area contributed by atoms with Gasteiger partial charge in [0, 0.05) is 18.1 Å². The van der Waals surface area contributed by atoms with E-state index >= 15 is 0 Å². The highest BCUT2D eigenvalue weighted by Gasteiger charge is 2.57. The molecular weight excluding hydrogens is 324 g/mol. The maximum atomic E-state index is 14.3. The fourth-order valence-electron chi connectivity index (χ4n) is 1.96. The Morgan fingerprint density at radius 1 is 1.36 bits per heavy atom. The number of benzene rings is 1. The third-order valence-electron chi connectivity index (χ3n) is 3.09. The predicted molar refractivity (Wildman–Crippen MR) is 72.1 cm³/mol. The number of nitrogens with two attached hydrogens (primary N) is 1. The Hall–Kier alpha value is -2.07. The van der Waals surface area contributed by atoms with Crippen LogP contribution in [0.1, 0.15) is 11.4 Å². The maximum absolute atomic E-state index is 14.3. The molecule has 0 fully saturated rings. The number of thiocarbonyl (C=S) groups is 1. The van der Waals surface area contributed by atoms with E-state index in [1.54, 1.807) is 0 Å². The number of halogens is 4. The summed E-state index contributed by atoms with van der Waals surface area (Å²) in [6.45, 7) is 0.